The second-order valence-electron chi connectivity index (χ2n) is 5.51. The number of carbonyl (C=O) groups is 1. The summed E-state index contributed by atoms with van der Waals surface area (Å²) in [4.78, 5) is 13.6. The number of hydrogen-bond donors (Lipinski definition) is 1. The van der Waals surface area contributed by atoms with Crippen molar-refractivity contribution >= 4 is 15.9 Å². The third-order valence-electron chi connectivity index (χ3n) is 3.96. The highest BCUT2D eigenvalue weighted by molar-refractivity contribution is 7.91. The predicted octanol–water partition coefficient (Wildman–Crippen LogP) is 0.744. The van der Waals surface area contributed by atoms with Gasteiger partial charge in [-0.05, 0) is 24.1 Å². The van der Waals surface area contributed by atoms with Gasteiger partial charge < -0.3 is 19.7 Å². The van der Waals surface area contributed by atoms with Crippen molar-refractivity contribution in [3.05, 3.63) is 23.8 Å². The summed E-state index contributed by atoms with van der Waals surface area (Å²) < 4.78 is 33.5. The lowest BCUT2D eigenvalue weighted by molar-refractivity contribution is 0.174. The minimum atomic E-state index is -3.00. The minimum Gasteiger partial charge on any atom is -0.454 e. The van der Waals surface area contributed by atoms with Crippen LogP contribution in [0.1, 0.15) is 12.0 Å². The second kappa shape index (κ2) is 5.68. The van der Waals surface area contributed by atoms with Gasteiger partial charge in [-0.3, -0.25) is 0 Å². The molecular formula is C14H18N2O5S. The van der Waals surface area contributed by atoms with Gasteiger partial charge in [0.1, 0.15) is 0 Å². The molecule has 7 nitrogen and oxygen atoms in total. The first-order valence-electron chi connectivity index (χ1n) is 7.04. The van der Waals surface area contributed by atoms with Crippen LogP contribution in [0.15, 0.2) is 18.2 Å². The Labute approximate surface area is 129 Å². The molecule has 1 saturated heterocycles. The van der Waals surface area contributed by atoms with Crippen molar-refractivity contribution in [1.29, 1.82) is 0 Å². The van der Waals surface area contributed by atoms with Gasteiger partial charge in [-0.25, -0.2) is 13.2 Å². The molecule has 3 rings (SSSR count). The molecule has 2 amide bonds. The molecule has 2 aliphatic heterocycles. The van der Waals surface area contributed by atoms with Crippen molar-refractivity contribution in [3.63, 3.8) is 0 Å². The number of benzene rings is 1. The molecule has 0 spiro atoms. The summed E-state index contributed by atoms with van der Waals surface area (Å²) >= 11 is 0. The highest BCUT2D eigenvalue weighted by Crippen LogP contribution is 2.32. The Morgan fingerprint density at radius 2 is 2.14 bits per heavy atom. The molecule has 0 unspecified atom stereocenters. The Morgan fingerprint density at radius 1 is 1.36 bits per heavy atom. The predicted molar refractivity (Wildman–Crippen MR) is 79.6 cm³/mol. The van der Waals surface area contributed by atoms with Gasteiger partial charge in [-0.15, -0.1) is 0 Å². The molecule has 2 heterocycles. The minimum absolute atomic E-state index is 0.0426. The fourth-order valence-electron chi connectivity index (χ4n) is 2.60. The van der Waals surface area contributed by atoms with Gasteiger partial charge in [0.2, 0.25) is 6.79 Å². The van der Waals surface area contributed by atoms with E-state index in [2.05, 4.69) is 5.32 Å². The fourth-order valence-corrected chi connectivity index (χ4v) is 4.37. The smallest absolute Gasteiger partial charge is 0.317 e. The zero-order valence-corrected chi connectivity index (χ0v) is 13.1. The second-order valence-corrected chi connectivity index (χ2v) is 7.74. The Hall–Kier alpha value is -1.96. The van der Waals surface area contributed by atoms with Gasteiger partial charge >= 0.3 is 6.03 Å². The number of urea groups is 1. The van der Waals surface area contributed by atoms with Crippen LogP contribution in [-0.4, -0.2) is 50.7 Å². The average Bonchev–Trinajstić information content (AvgIpc) is 3.09. The Balaban J connectivity index is 1.56. The standard InChI is InChI=1S/C14H18N2O5S/c1-16(11-4-5-22(18,19)8-11)14(17)15-7-10-2-3-12-13(6-10)21-9-20-12/h2-3,6,11H,4-5,7-9H2,1H3,(H,15,17)/t11-/m0/s1. The number of nitrogens with one attached hydrogen (secondary N) is 1. The van der Waals surface area contributed by atoms with Gasteiger partial charge in [0, 0.05) is 19.6 Å². The number of amides is 2. The molecule has 120 valence electrons. The van der Waals surface area contributed by atoms with E-state index in [4.69, 9.17) is 9.47 Å². The third-order valence-corrected chi connectivity index (χ3v) is 5.71. The summed E-state index contributed by atoms with van der Waals surface area (Å²) in [5.74, 6) is 1.56. The van der Waals surface area contributed by atoms with Crippen molar-refractivity contribution < 1.29 is 22.7 Å². The van der Waals surface area contributed by atoms with Crippen LogP contribution < -0.4 is 14.8 Å². The average molecular weight is 326 g/mol. The quantitative estimate of drug-likeness (QED) is 0.886. The van der Waals surface area contributed by atoms with E-state index in [9.17, 15) is 13.2 Å². The number of fused-ring (bicyclic) bond motifs is 1. The molecule has 1 aromatic carbocycles. The number of rotatable bonds is 3. The van der Waals surface area contributed by atoms with Crippen LogP contribution in [0.4, 0.5) is 4.79 Å². The van der Waals surface area contributed by atoms with Crippen LogP contribution in [0.25, 0.3) is 0 Å². The van der Waals surface area contributed by atoms with Crippen LogP contribution in [0.2, 0.25) is 0 Å². The monoisotopic (exact) mass is 326 g/mol. The van der Waals surface area contributed by atoms with Gasteiger partial charge in [0.25, 0.3) is 0 Å². The summed E-state index contributed by atoms with van der Waals surface area (Å²) in [5.41, 5.74) is 0.894. The number of nitrogens with zero attached hydrogens (tertiary/aromatic N) is 1. The molecule has 22 heavy (non-hydrogen) atoms. The van der Waals surface area contributed by atoms with Crippen LogP contribution in [0.3, 0.4) is 0 Å². The Kier molecular flexibility index (Phi) is 3.86. The number of carbonyl (C=O) groups excluding carboxylic acids is 1. The van der Waals surface area contributed by atoms with Crippen molar-refractivity contribution in [2.45, 2.75) is 19.0 Å². The van der Waals surface area contributed by atoms with E-state index >= 15 is 0 Å². The summed E-state index contributed by atoms with van der Waals surface area (Å²) in [6.45, 7) is 0.559. The zero-order valence-electron chi connectivity index (χ0n) is 12.2. The van der Waals surface area contributed by atoms with Gasteiger partial charge in [0.05, 0.1) is 11.5 Å². The van der Waals surface area contributed by atoms with Gasteiger partial charge in [-0.2, -0.15) is 0 Å². The van der Waals surface area contributed by atoms with E-state index in [-0.39, 0.29) is 30.4 Å². The molecule has 1 fully saturated rings. The molecule has 0 bridgehead atoms. The highest BCUT2D eigenvalue weighted by atomic mass is 32.2. The summed E-state index contributed by atoms with van der Waals surface area (Å²) in [6.07, 6.45) is 0.496. The van der Waals surface area contributed by atoms with Gasteiger partial charge in [0.15, 0.2) is 21.3 Å². The van der Waals surface area contributed by atoms with Gasteiger partial charge in [-0.1, -0.05) is 6.07 Å². The van der Waals surface area contributed by atoms with Crippen LogP contribution in [-0.2, 0) is 16.4 Å². The molecule has 1 atom stereocenters. The molecule has 8 heteroatoms. The maximum absolute atomic E-state index is 12.1. The van der Waals surface area contributed by atoms with Crippen LogP contribution >= 0.6 is 0 Å². The number of sulfone groups is 1. The third kappa shape index (κ3) is 3.11. The molecule has 1 N–H and O–H groups in total. The molecular weight excluding hydrogens is 308 g/mol. The lowest BCUT2D eigenvalue weighted by Crippen LogP contribution is -2.43. The highest BCUT2D eigenvalue weighted by Gasteiger charge is 2.32. The van der Waals surface area contributed by atoms with E-state index < -0.39 is 9.84 Å². The normalized spacial score (nSPS) is 21.6. The number of ether oxygens (including phenoxy) is 2. The lowest BCUT2D eigenvalue weighted by Gasteiger charge is -2.23. The van der Waals surface area contributed by atoms with E-state index in [0.29, 0.717) is 24.5 Å². The maximum Gasteiger partial charge on any atom is 0.317 e. The first kappa shape index (κ1) is 15.0. The lowest BCUT2D eigenvalue weighted by atomic mass is 10.2. The summed E-state index contributed by atoms with van der Waals surface area (Å²) in [7, 11) is -1.37. The molecule has 0 radical (unpaired) electrons. The van der Waals surface area contributed by atoms with E-state index in [1.54, 1.807) is 13.1 Å². The van der Waals surface area contributed by atoms with E-state index in [1.807, 2.05) is 12.1 Å². The number of hydrogen-bond acceptors (Lipinski definition) is 5. The van der Waals surface area contributed by atoms with E-state index in [1.165, 1.54) is 4.90 Å². The van der Waals surface area contributed by atoms with Crippen molar-refractivity contribution in [1.82, 2.24) is 10.2 Å². The molecule has 0 aromatic heterocycles. The molecule has 0 aliphatic carbocycles. The molecule has 0 saturated carbocycles. The Morgan fingerprint density at radius 3 is 2.86 bits per heavy atom. The molecule has 2 aliphatic rings. The van der Waals surface area contributed by atoms with Crippen molar-refractivity contribution in [3.8, 4) is 11.5 Å². The first-order chi connectivity index (χ1) is 10.4. The van der Waals surface area contributed by atoms with Crippen LogP contribution in [0.5, 0.6) is 11.5 Å². The summed E-state index contributed by atoms with van der Waals surface area (Å²) in [6, 6.07) is 4.95. The first-order valence-corrected chi connectivity index (χ1v) is 8.86. The van der Waals surface area contributed by atoms with E-state index in [0.717, 1.165) is 5.56 Å². The van der Waals surface area contributed by atoms with Crippen molar-refractivity contribution in [2.24, 2.45) is 0 Å². The Bertz CT molecular complexity index is 688. The zero-order chi connectivity index (χ0) is 15.7. The maximum atomic E-state index is 12.1. The largest absolute Gasteiger partial charge is 0.454 e. The topological polar surface area (TPSA) is 84.9 Å². The molecule has 1 aromatic rings. The summed E-state index contributed by atoms with van der Waals surface area (Å²) in [5, 5.41) is 2.79. The SMILES string of the molecule is CN(C(=O)NCc1ccc2c(c1)OCO2)[C@H]1CCS(=O)(=O)C1. The van der Waals surface area contributed by atoms with Crippen molar-refractivity contribution in [2.75, 3.05) is 25.3 Å². The fraction of sp³-hybridized carbons (Fsp3) is 0.500. The van der Waals surface area contributed by atoms with Crippen LogP contribution in [0, 0.1) is 0 Å².